The van der Waals surface area contributed by atoms with Crippen LogP contribution in [0.5, 0.6) is 0 Å². The van der Waals surface area contributed by atoms with Gasteiger partial charge >= 0.3 is 0 Å². The van der Waals surface area contributed by atoms with E-state index >= 15 is 0 Å². The Morgan fingerprint density at radius 2 is 2.53 bits per heavy atom. The van der Waals surface area contributed by atoms with Gasteiger partial charge in [0.05, 0.1) is 11.8 Å². The van der Waals surface area contributed by atoms with Gasteiger partial charge in [0.25, 0.3) is 5.91 Å². The van der Waals surface area contributed by atoms with Crippen molar-refractivity contribution >= 4 is 11.9 Å². The molecule has 0 saturated carbocycles. The van der Waals surface area contributed by atoms with Gasteiger partial charge in [-0.3, -0.25) is 10.1 Å². The van der Waals surface area contributed by atoms with Crippen molar-refractivity contribution in [3.63, 3.8) is 0 Å². The molecule has 0 aliphatic carbocycles. The first-order chi connectivity index (χ1) is 7.31. The fourth-order valence-corrected chi connectivity index (χ4v) is 1.26. The van der Waals surface area contributed by atoms with Crippen molar-refractivity contribution in [2.24, 2.45) is 0 Å². The average molecular weight is 206 g/mol. The van der Waals surface area contributed by atoms with E-state index in [0.29, 0.717) is 23.7 Å². The number of aromatic nitrogens is 3. The van der Waals surface area contributed by atoms with Crippen molar-refractivity contribution in [2.45, 2.75) is 13.3 Å². The van der Waals surface area contributed by atoms with Crippen LogP contribution in [0.3, 0.4) is 0 Å². The Labute approximate surface area is 85.7 Å². The van der Waals surface area contributed by atoms with Crippen molar-refractivity contribution < 1.29 is 9.21 Å². The largest absolute Gasteiger partial charge is 0.469 e. The number of aromatic amines is 1. The van der Waals surface area contributed by atoms with Crippen molar-refractivity contribution in [1.29, 1.82) is 0 Å². The summed E-state index contributed by atoms with van der Waals surface area (Å²) in [5, 5.41) is 8.74. The SMILES string of the molecule is CCc1occc1C(=O)Nc1ncn[nH]1. The molecular weight excluding hydrogens is 196 g/mol. The van der Waals surface area contributed by atoms with Crippen molar-refractivity contribution in [2.75, 3.05) is 5.32 Å². The van der Waals surface area contributed by atoms with E-state index in [1.165, 1.54) is 12.6 Å². The Bertz CT molecular complexity index is 446. The second-order valence-electron chi connectivity index (χ2n) is 2.90. The number of carbonyl (C=O) groups excluding carboxylic acids is 1. The lowest BCUT2D eigenvalue weighted by molar-refractivity contribution is 0.102. The summed E-state index contributed by atoms with van der Waals surface area (Å²) in [6, 6.07) is 1.63. The highest BCUT2D eigenvalue weighted by molar-refractivity contribution is 6.03. The smallest absolute Gasteiger partial charge is 0.261 e. The number of hydrogen-bond acceptors (Lipinski definition) is 4. The molecule has 0 radical (unpaired) electrons. The van der Waals surface area contributed by atoms with Crippen LogP contribution in [0.2, 0.25) is 0 Å². The van der Waals surface area contributed by atoms with E-state index in [1.807, 2.05) is 6.92 Å². The maximum Gasteiger partial charge on any atom is 0.261 e. The summed E-state index contributed by atoms with van der Waals surface area (Å²) in [5.74, 6) is 0.729. The van der Waals surface area contributed by atoms with Gasteiger partial charge in [-0.05, 0) is 6.07 Å². The lowest BCUT2D eigenvalue weighted by atomic mass is 10.2. The van der Waals surface area contributed by atoms with Crippen LogP contribution in [0.4, 0.5) is 5.95 Å². The van der Waals surface area contributed by atoms with Gasteiger partial charge in [-0.25, -0.2) is 5.10 Å². The van der Waals surface area contributed by atoms with Gasteiger partial charge in [-0.15, -0.1) is 0 Å². The van der Waals surface area contributed by atoms with Crippen LogP contribution >= 0.6 is 0 Å². The minimum Gasteiger partial charge on any atom is -0.469 e. The Hall–Kier alpha value is -2.11. The molecule has 15 heavy (non-hydrogen) atoms. The number of rotatable bonds is 3. The van der Waals surface area contributed by atoms with Gasteiger partial charge in [0.15, 0.2) is 0 Å². The Morgan fingerprint density at radius 3 is 3.20 bits per heavy atom. The average Bonchev–Trinajstić information content (AvgIpc) is 2.86. The normalized spacial score (nSPS) is 10.2. The van der Waals surface area contributed by atoms with Crippen LogP contribution in [-0.4, -0.2) is 21.1 Å². The molecule has 0 spiro atoms. The van der Waals surface area contributed by atoms with Gasteiger partial charge < -0.3 is 4.42 Å². The first-order valence-corrected chi connectivity index (χ1v) is 4.54. The Kier molecular flexibility index (Phi) is 2.49. The number of carbonyl (C=O) groups is 1. The van der Waals surface area contributed by atoms with E-state index < -0.39 is 0 Å². The van der Waals surface area contributed by atoms with E-state index in [1.54, 1.807) is 6.07 Å². The molecule has 2 N–H and O–H groups in total. The van der Waals surface area contributed by atoms with E-state index in [9.17, 15) is 4.79 Å². The van der Waals surface area contributed by atoms with E-state index in [2.05, 4.69) is 20.5 Å². The highest BCUT2D eigenvalue weighted by Gasteiger charge is 2.13. The minimum atomic E-state index is -0.252. The number of amides is 1. The van der Waals surface area contributed by atoms with Crippen LogP contribution in [0.1, 0.15) is 23.0 Å². The summed E-state index contributed by atoms with van der Waals surface area (Å²) < 4.78 is 5.15. The second-order valence-corrected chi connectivity index (χ2v) is 2.90. The van der Waals surface area contributed by atoms with Crippen molar-refractivity contribution in [1.82, 2.24) is 15.2 Å². The zero-order chi connectivity index (χ0) is 10.7. The zero-order valence-electron chi connectivity index (χ0n) is 8.15. The van der Waals surface area contributed by atoms with Crippen LogP contribution in [-0.2, 0) is 6.42 Å². The molecule has 1 amide bonds. The topological polar surface area (TPSA) is 83.8 Å². The minimum absolute atomic E-state index is 0.252. The fourth-order valence-electron chi connectivity index (χ4n) is 1.26. The third-order valence-corrected chi connectivity index (χ3v) is 1.96. The van der Waals surface area contributed by atoms with Crippen LogP contribution in [0.15, 0.2) is 23.1 Å². The van der Waals surface area contributed by atoms with Gasteiger partial charge in [0.2, 0.25) is 5.95 Å². The second kappa shape index (κ2) is 3.95. The number of hydrogen-bond donors (Lipinski definition) is 2. The molecule has 6 nitrogen and oxygen atoms in total. The molecule has 0 atom stereocenters. The molecule has 78 valence electrons. The summed E-state index contributed by atoms with van der Waals surface area (Å²) >= 11 is 0. The standard InChI is InChI=1S/C9H10N4O2/c1-2-7-6(3-4-15-7)8(14)12-9-10-5-11-13-9/h3-5H,2H2,1H3,(H2,10,11,12,13,14). The molecule has 2 rings (SSSR count). The number of furan rings is 1. The number of aryl methyl sites for hydroxylation is 1. The van der Waals surface area contributed by atoms with Crippen LogP contribution < -0.4 is 5.32 Å². The highest BCUT2D eigenvalue weighted by Crippen LogP contribution is 2.12. The summed E-state index contributed by atoms with van der Waals surface area (Å²) in [5.41, 5.74) is 0.522. The molecule has 0 aromatic carbocycles. The molecule has 0 saturated heterocycles. The molecular formula is C9H10N4O2. The maximum atomic E-state index is 11.7. The molecule has 6 heteroatoms. The highest BCUT2D eigenvalue weighted by atomic mass is 16.3. The number of anilines is 1. The summed E-state index contributed by atoms with van der Waals surface area (Å²) in [7, 11) is 0. The summed E-state index contributed by atoms with van der Waals surface area (Å²) in [6.07, 6.45) is 3.49. The van der Waals surface area contributed by atoms with Crippen molar-refractivity contribution in [3.05, 3.63) is 30.0 Å². The van der Waals surface area contributed by atoms with Gasteiger partial charge in [0.1, 0.15) is 12.1 Å². The Balaban J connectivity index is 2.15. The quantitative estimate of drug-likeness (QED) is 0.790. The van der Waals surface area contributed by atoms with Crippen molar-refractivity contribution in [3.8, 4) is 0 Å². The number of H-pyrrole nitrogens is 1. The van der Waals surface area contributed by atoms with E-state index in [-0.39, 0.29) is 5.91 Å². The molecule has 2 aromatic rings. The third-order valence-electron chi connectivity index (χ3n) is 1.96. The molecule has 2 aromatic heterocycles. The van der Waals surface area contributed by atoms with Crippen LogP contribution in [0.25, 0.3) is 0 Å². The zero-order valence-corrected chi connectivity index (χ0v) is 8.15. The monoisotopic (exact) mass is 206 g/mol. The first-order valence-electron chi connectivity index (χ1n) is 4.54. The maximum absolute atomic E-state index is 11.7. The van der Waals surface area contributed by atoms with Crippen LogP contribution in [0, 0.1) is 0 Å². The molecule has 2 heterocycles. The third kappa shape index (κ3) is 1.88. The van der Waals surface area contributed by atoms with E-state index in [4.69, 9.17) is 4.42 Å². The van der Waals surface area contributed by atoms with Gasteiger partial charge in [0, 0.05) is 6.42 Å². The summed E-state index contributed by atoms with van der Waals surface area (Å²) in [6.45, 7) is 1.92. The molecule has 0 aliphatic heterocycles. The predicted octanol–water partition coefficient (Wildman–Crippen LogP) is 1.21. The lowest BCUT2D eigenvalue weighted by Gasteiger charge is -1.99. The fraction of sp³-hybridized carbons (Fsp3) is 0.222. The molecule has 0 bridgehead atoms. The van der Waals surface area contributed by atoms with E-state index in [0.717, 1.165) is 0 Å². The molecule has 0 aliphatic rings. The first kappa shape index (κ1) is 9.45. The Morgan fingerprint density at radius 1 is 1.67 bits per heavy atom. The molecule has 0 fully saturated rings. The molecule has 0 unspecified atom stereocenters. The summed E-state index contributed by atoms with van der Waals surface area (Å²) in [4.78, 5) is 15.5. The predicted molar refractivity (Wildman–Crippen MR) is 52.4 cm³/mol. The number of nitrogens with one attached hydrogen (secondary N) is 2. The van der Waals surface area contributed by atoms with Gasteiger partial charge in [-0.2, -0.15) is 10.1 Å². The number of nitrogens with zero attached hydrogens (tertiary/aromatic N) is 2. The van der Waals surface area contributed by atoms with Gasteiger partial charge in [-0.1, -0.05) is 6.92 Å². The lowest BCUT2D eigenvalue weighted by Crippen LogP contribution is -2.13.